The van der Waals surface area contributed by atoms with E-state index in [4.69, 9.17) is 9.52 Å². The van der Waals surface area contributed by atoms with Gasteiger partial charge in [-0.15, -0.1) is 0 Å². The maximum Gasteiger partial charge on any atom is 0.317 e. The zero-order valence-electron chi connectivity index (χ0n) is 10.5. The Morgan fingerprint density at radius 2 is 2.28 bits per heavy atom. The molecule has 0 bridgehead atoms. The van der Waals surface area contributed by atoms with E-state index < -0.39 is 5.97 Å². The van der Waals surface area contributed by atoms with Crippen LogP contribution in [0.3, 0.4) is 0 Å². The Morgan fingerprint density at radius 1 is 1.56 bits per heavy atom. The van der Waals surface area contributed by atoms with Crippen LogP contribution in [0.5, 0.6) is 0 Å². The first-order valence-corrected chi connectivity index (χ1v) is 5.78. The maximum atomic E-state index is 11.8. The van der Waals surface area contributed by atoms with Crippen LogP contribution >= 0.6 is 0 Å². The van der Waals surface area contributed by atoms with E-state index in [1.807, 2.05) is 6.92 Å². The fraction of sp³-hybridized carbons (Fsp3) is 0.500. The molecule has 0 saturated heterocycles. The molecule has 6 nitrogen and oxygen atoms in total. The molecule has 2 amide bonds. The summed E-state index contributed by atoms with van der Waals surface area (Å²) in [5, 5.41) is 11.4. The third-order valence-electron chi connectivity index (χ3n) is 2.56. The highest BCUT2D eigenvalue weighted by Crippen LogP contribution is 2.05. The molecule has 0 saturated carbocycles. The van der Waals surface area contributed by atoms with Gasteiger partial charge in [-0.3, -0.25) is 4.79 Å². The number of carbonyl (C=O) groups is 2. The van der Waals surface area contributed by atoms with Gasteiger partial charge < -0.3 is 19.7 Å². The maximum absolute atomic E-state index is 11.8. The summed E-state index contributed by atoms with van der Waals surface area (Å²) < 4.78 is 5.13. The molecule has 0 aliphatic carbocycles. The lowest BCUT2D eigenvalue weighted by Gasteiger charge is -2.21. The molecule has 0 radical (unpaired) electrons. The predicted molar refractivity (Wildman–Crippen MR) is 65.0 cm³/mol. The number of carboxylic acids is 1. The highest BCUT2D eigenvalue weighted by Gasteiger charge is 2.17. The van der Waals surface area contributed by atoms with E-state index in [-0.39, 0.29) is 18.5 Å². The van der Waals surface area contributed by atoms with Crippen LogP contribution in [0.15, 0.2) is 22.8 Å². The first-order chi connectivity index (χ1) is 8.52. The van der Waals surface area contributed by atoms with Crippen LogP contribution in [0.1, 0.15) is 25.5 Å². The molecule has 6 heteroatoms. The predicted octanol–water partition coefficient (Wildman–Crippen LogP) is 1.67. The minimum atomic E-state index is -0.921. The van der Waals surface area contributed by atoms with Gasteiger partial charge in [0.25, 0.3) is 0 Å². The van der Waals surface area contributed by atoms with Crippen LogP contribution in [0.2, 0.25) is 0 Å². The Kier molecular flexibility index (Phi) is 5.23. The summed E-state index contributed by atoms with van der Waals surface area (Å²) in [6.45, 7) is 2.18. The number of carbonyl (C=O) groups excluding carboxylic acids is 1. The lowest BCUT2D eigenvalue weighted by atomic mass is 10.1. The summed E-state index contributed by atoms with van der Waals surface area (Å²) >= 11 is 0. The second kappa shape index (κ2) is 6.68. The molecule has 100 valence electrons. The van der Waals surface area contributed by atoms with Crippen molar-refractivity contribution in [1.29, 1.82) is 0 Å². The third-order valence-corrected chi connectivity index (χ3v) is 2.56. The van der Waals surface area contributed by atoms with Gasteiger partial charge in [0.1, 0.15) is 5.76 Å². The molecular weight excluding hydrogens is 236 g/mol. The minimum absolute atomic E-state index is 0.0726. The van der Waals surface area contributed by atoms with Crippen molar-refractivity contribution in [2.75, 3.05) is 7.05 Å². The summed E-state index contributed by atoms with van der Waals surface area (Å²) in [5.41, 5.74) is 0. The zero-order valence-corrected chi connectivity index (χ0v) is 10.5. The molecule has 18 heavy (non-hydrogen) atoms. The monoisotopic (exact) mass is 254 g/mol. The van der Waals surface area contributed by atoms with Gasteiger partial charge in [0.05, 0.1) is 19.2 Å². The fourth-order valence-electron chi connectivity index (χ4n) is 1.50. The Balaban J connectivity index is 2.45. The first kappa shape index (κ1) is 14.1. The van der Waals surface area contributed by atoms with E-state index in [1.54, 1.807) is 25.4 Å². The lowest BCUT2D eigenvalue weighted by molar-refractivity contribution is -0.137. The Hall–Kier alpha value is -1.98. The Bertz CT molecular complexity index is 389. The molecule has 0 spiro atoms. The van der Waals surface area contributed by atoms with Crippen LogP contribution in [0.25, 0.3) is 0 Å². The number of amides is 2. The average molecular weight is 254 g/mol. The Labute approximate surface area is 106 Å². The van der Waals surface area contributed by atoms with Crippen molar-refractivity contribution >= 4 is 12.0 Å². The van der Waals surface area contributed by atoms with E-state index in [0.717, 1.165) is 0 Å². The van der Waals surface area contributed by atoms with Crippen molar-refractivity contribution in [2.24, 2.45) is 0 Å². The number of furan rings is 1. The summed E-state index contributed by atoms with van der Waals surface area (Å²) in [6.07, 6.45) is 2.05. The molecule has 1 atom stereocenters. The van der Waals surface area contributed by atoms with Gasteiger partial charge in [-0.1, -0.05) is 6.92 Å². The second-order valence-corrected chi connectivity index (χ2v) is 4.09. The van der Waals surface area contributed by atoms with Crippen LogP contribution < -0.4 is 5.32 Å². The lowest BCUT2D eigenvalue weighted by Crippen LogP contribution is -2.43. The van der Waals surface area contributed by atoms with Crippen molar-refractivity contribution in [2.45, 2.75) is 32.4 Å². The third kappa shape index (κ3) is 4.48. The van der Waals surface area contributed by atoms with Crippen molar-refractivity contribution in [3.63, 3.8) is 0 Å². The van der Waals surface area contributed by atoms with Gasteiger partial charge in [0, 0.05) is 13.1 Å². The van der Waals surface area contributed by atoms with Crippen LogP contribution in [-0.4, -0.2) is 35.1 Å². The van der Waals surface area contributed by atoms with Gasteiger partial charge in [0.2, 0.25) is 0 Å². The van der Waals surface area contributed by atoms with Gasteiger partial charge >= 0.3 is 12.0 Å². The van der Waals surface area contributed by atoms with E-state index in [0.29, 0.717) is 18.7 Å². The highest BCUT2D eigenvalue weighted by atomic mass is 16.4. The normalized spacial score (nSPS) is 11.9. The van der Waals surface area contributed by atoms with Crippen LogP contribution in [0, 0.1) is 0 Å². The average Bonchev–Trinajstić information content (AvgIpc) is 2.80. The largest absolute Gasteiger partial charge is 0.481 e. The molecule has 1 aromatic rings. The van der Waals surface area contributed by atoms with E-state index >= 15 is 0 Å². The standard InChI is InChI=1S/C12H18N2O4/c1-3-9(7-11(15)16)13-12(17)14(2)8-10-5-4-6-18-10/h4-6,9H,3,7-8H2,1-2H3,(H,13,17)(H,15,16). The van der Waals surface area contributed by atoms with Crippen molar-refractivity contribution in [3.05, 3.63) is 24.2 Å². The highest BCUT2D eigenvalue weighted by molar-refractivity contribution is 5.75. The summed E-state index contributed by atoms with van der Waals surface area (Å²) in [5.74, 6) is -0.241. The van der Waals surface area contributed by atoms with Crippen LogP contribution in [0.4, 0.5) is 4.79 Å². The molecule has 1 aromatic heterocycles. The Morgan fingerprint density at radius 3 is 2.78 bits per heavy atom. The number of aliphatic carboxylic acids is 1. The van der Waals surface area contributed by atoms with Crippen LogP contribution in [-0.2, 0) is 11.3 Å². The zero-order chi connectivity index (χ0) is 13.5. The molecule has 2 N–H and O–H groups in total. The molecular formula is C12H18N2O4. The second-order valence-electron chi connectivity index (χ2n) is 4.09. The van der Waals surface area contributed by atoms with Gasteiger partial charge in [0.15, 0.2) is 0 Å². The molecule has 0 aromatic carbocycles. The fourth-order valence-corrected chi connectivity index (χ4v) is 1.50. The first-order valence-electron chi connectivity index (χ1n) is 5.78. The van der Waals surface area contributed by atoms with E-state index in [2.05, 4.69) is 5.32 Å². The molecule has 0 aliphatic rings. The minimum Gasteiger partial charge on any atom is -0.481 e. The summed E-state index contributed by atoms with van der Waals surface area (Å²) in [4.78, 5) is 23.8. The summed E-state index contributed by atoms with van der Waals surface area (Å²) in [7, 11) is 1.63. The number of rotatable bonds is 6. The SMILES string of the molecule is CCC(CC(=O)O)NC(=O)N(C)Cc1ccco1. The molecule has 1 unspecified atom stereocenters. The van der Waals surface area contributed by atoms with Crippen molar-refractivity contribution in [3.8, 4) is 0 Å². The van der Waals surface area contributed by atoms with Gasteiger partial charge in [-0.25, -0.2) is 4.79 Å². The molecule has 1 heterocycles. The van der Waals surface area contributed by atoms with Crippen molar-refractivity contribution < 1.29 is 19.1 Å². The number of carboxylic acid groups (broad SMARTS) is 1. The number of hydrogen-bond donors (Lipinski definition) is 2. The molecule has 0 fully saturated rings. The summed E-state index contributed by atoms with van der Waals surface area (Å²) in [6, 6.07) is 2.87. The number of nitrogens with zero attached hydrogens (tertiary/aromatic N) is 1. The molecule has 1 rings (SSSR count). The number of urea groups is 1. The quantitative estimate of drug-likeness (QED) is 0.809. The van der Waals surface area contributed by atoms with Gasteiger partial charge in [-0.05, 0) is 18.6 Å². The van der Waals surface area contributed by atoms with E-state index in [9.17, 15) is 9.59 Å². The number of nitrogens with one attached hydrogen (secondary N) is 1. The smallest absolute Gasteiger partial charge is 0.317 e. The van der Waals surface area contributed by atoms with Crippen molar-refractivity contribution in [1.82, 2.24) is 10.2 Å². The molecule has 0 aliphatic heterocycles. The number of hydrogen-bond acceptors (Lipinski definition) is 3. The topological polar surface area (TPSA) is 82.8 Å². The van der Waals surface area contributed by atoms with E-state index in [1.165, 1.54) is 4.90 Å². The van der Waals surface area contributed by atoms with Gasteiger partial charge in [-0.2, -0.15) is 0 Å².